The lowest BCUT2D eigenvalue weighted by Gasteiger charge is -2.53. The number of carbonyl (C=O) groups is 2. The Morgan fingerprint density at radius 3 is 2.05 bits per heavy atom. The van der Waals surface area contributed by atoms with Gasteiger partial charge in [-0.2, -0.15) is 0 Å². The lowest BCUT2D eigenvalue weighted by molar-refractivity contribution is -0.167. The van der Waals surface area contributed by atoms with Gasteiger partial charge in [0, 0.05) is 6.04 Å². The zero-order valence-corrected chi connectivity index (χ0v) is 13.2. The maximum Gasteiger partial charge on any atom is 0.249 e. The van der Waals surface area contributed by atoms with E-state index in [0.717, 1.165) is 38.5 Å². The van der Waals surface area contributed by atoms with Crippen LogP contribution in [0.4, 0.5) is 0 Å². The van der Waals surface area contributed by atoms with Gasteiger partial charge in [0.25, 0.3) is 0 Å². The number of nitrogens with zero attached hydrogens (tertiary/aromatic N) is 1. The first-order valence-electron chi connectivity index (χ1n) is 8.64. The zero-order valence-electron chi connectivity index (χ0n) is 13.2. The van der Waals surface area contributed by atoms with E-state index in [1.807, 2.05) is 13.8 Å². The van der Waals surface area contributed by atoms with Crippen LogP contribution in [-0.4, -0.2) is 33.8 Å². The lowest BCUT2D eigenvalue weighted by atomic mass is 9.80. The zero-order chi connectivity index (χ0) is 14.8. The molecular weight excluding hydrogens is 264 g/mol. The second-order valence-electron chi connectivity index (χ2n) is 7.97. The van der Waals surface area contributed by atoms with Gasteiger partial charge < -0.3 is 10.2 Å². The molecule has 4 heteroatoms. The van der Waals surface area contributed by atoms with Crippen LogP contribution in [0.2, 0.25) is 0 Å². The predicted octanol–water partition coefficient (Wildman–Crippen LogP) is 2.22. The molecule has 4 rings (SSSR count). The van der Waals surface area contributed by atoms with E-state index in [9.17, 15) is 9.59 Å². The molecule has 1 heterocycles. The van der Waals surface area contributed by atoms with Crippen molar-refractivity contribution < 1.29 is 9.59 Å². The van der Waals surface area contributed by atoms with Gasteiger partial charge in [0.1, 0.15) is 11.1 Å². The van der Waals surface area contributed by atoms with Crippen molar-refractivity contribution in [3.8, 4) is 0 Å². The summed E-state index contributed by atoms with van der Waals surface area (Å²) in [6, 6.07) is 0.284. The van der Waals surface area contributed by atoms with Crippen LogP contribution >= 0.6 is 0 Å². The largest absolute Gasteiger partial charge is 0.340 e. The van der Waals surface area contributed by atoms with Crippen molar-refractivity contribution in [2.24, 2.45) is 11.8 Å². The molecule has 1 N–H and O–H groups in total. The molecular formula is C17H26N2O2. The fourth-order valence-electron chi connectivity index (χ4n) is 4.66. The third kappa shape index (κ3) is 1.80. The molecule has 1 saturated heterocycles. The third-order valence-corrected chi connectivity index (χ3v) is 6.45. The van der Waals surface area contributed by atoms with Gasteiger partial charge in [-0.15, -0.1) is 0 Å². The van der Waals surface area contributed by atoms with Crippen LogP contribution in [0.15, 0.2) is 0 Å². The van der Waals surface area contributed by atoms with Crippen molar-refractivity contribution in [1.29, 1.82) is 0 Å². The molecule has 0 radical (unpaired) electrons. The van der Waals surface area contributed by atoms with Crippen LogP contribution in [-0.2, 0) is 9.59 Å². The molecule has 3 aliphatic carbocycles. The molecule has 116 valence electrons. The molecule has 1 aliphatic heterocycles. The Balaban J connectivity index is 1.74. The van der Waals surface area contributed by atoms with Crippen molar-refractivity contribution in [2.45, 2.75) is 82.3 Å². The van der Waals surface area contributed by atoms with Crippen molar-refractivity contribution in [3.63, 3.8) is 0 Å². The SMILES string of the molecule is CC1(C2CC2)NC(=O)C(C)(C2CC2)N(C2CCCC2)C1=O. The first-order chi connectivity index (χ1) is 9.98. The fourth-order valence-corrected chi connectivity index (χ4v) is 4.66. The van der Waals surface area contributed by atoms with E-state index in [-0.39, 0.29) is 17.9 Å². The number of nitrogens with one attached hydrogen (secondary N) is 1. The summed E-state index contributed by atoms with van der Waals surface area (Å²) >= 11 is 0. The maximum absolute atomic E-state index is 13.3. The standard InChI is InChI=1S/C17H26N2O2/c1-16(11-7-8-11)15(21)19(13-5-3-4-6-13)17(2,12-9-10-12)14(20)18-16/h11-13H,3-10H2,1-2H3,(H,18,20). The van der Waals surface area contributed by atoms with Gasteiger partial charge in [-0.25, -0.2) is 0 Å². The average molecular weight is 290 g/mol. The van der Waals surface area contributed by atoms with Crippen molar-refractivity contribution >= 4 is 11.8 Å². The van der Waals surface area contributed by atoms with Gasteiger partial charge in [0.2, 0.25) is 11.8 Å². The summed E-state index contributed by atoms with van der Waals surface area (Å²) < 4.78 is 0. The molecule has 0 aromatic heterocycles. The predicted molar refractivity (Wildman–Crippen MR) is 79.5 cm³/mol. The number of hydrogen-bond acceptors (Lipinski definition) is 2. The summed E-state index contributed by atoms with van der Waals surface area (Å²) in [6.07, 6.45) is 8.83. The molecule has 4 fully saturated rings. The smallest absolute Gasteiger partial charge is 0.249 e. The summed E-state index contributed by atoms with van der Waals surface area (Å²) in [6.45, 7) is 3.97. The molecule has 0 bridgehead atoms. The molecule has 2 atom stereocenters. The number of carbonyl (C=O) groups excluding carboxylic acids is 2. The Hall–Kier alpha value is -1.06. The average Bonchev–Trinajstić information content (AvgIpc) is 3.35. The quantitative estimate of drug-likeness (QED) is 0.866. The minimum absolute atomic E-state index is 0.103. The highest BCUT2D eigenvalue weighted by atomic mass is 16.2. The van der Waals surface area contributed by atoms with E-state index in [4.69, 9.17) is 0 Å². The monoisotopic (exact) mass is 290 g/mol. The van der Waals surface area contributed by atoms with Crippen molar-refractivity contribution in [3.05, 3.63) is 0 Å². The van der Waals surface area contributed by atoms with E-state index >= 15 is 0 Å². The highest BCUT2D eigenvalue weighted by molar-refractivity contribution is 6.03. The van der Waals surface area contributed by atoms with Gasteiger partial charge in [0.05, 0.1) is 0 Å². The van der Waals surface area contributed by atoms with Crippen LogP contribution in [0.1, 0.15) is 65.2 Å². The van der Waals surface area contributed by atoms with E-state index in [0.29, 0.717) is 11.8 Å². The van der Waals surface area contributed by atoms with Crippen LogP contribution in [0.5, 0.6) is 0 Å². The molecule has 2 amide bonds. The van der Waals surface area contributed by atoms with E-state index < -0.39 is 11.1 Å². The molecule has 4 aliphatic rings. The van der Waals surface area contributed by atoms with Gasteiger partial charge in [-0.05, 0) is 64.2 Å². The van der Waals surface area contributed by atoms with E-state index in [2.05, 4.69) is 10.2 Å². The number of amides is 2. The molecule has 4 nitrogen and oxygen atoms in total. The van der Waals surface area contributed by atoms with Gasteiger partial charge in [0.15, 0.2) is 0 Å². The first kappa shape index (κ1) is 13.6. The summed E-state index contributed by atoms with van der Waals surface area (Å²) in [4.78, 5) is 28.3. The molecule has 21 heavy (non-hydrogen) atoms. The lowest BCUT2D eigenvalue weighted by Crippen LogP contribution is -2.77. The van der Waals surface area contributed by atoms with Crippen LogP contribution in [0.25, 0.3) is 0 Å². The van der Waals surface area contributed by atoms with Gasteiger partial charge in [-0.3, -0.25) is 9.59 Å². The third-order valence-electron chi connectivity index (χ3n) is 6.45. The Kier molecular flexibility index (Phi) is 2.74. The van der Waals surface area contributed by atoms with Crippen LogP contribution in [0.3, 0.4) is 0 Å². The second kappa shape index (κ2) is 4.23. The Labute approximate surface area is 126 Å². The Bertz CT molecular complexity index is 491. The maximum atomic E-state index is 13.3. The summed E-state index contributed by atoms with van der Waals surface area (Å²) in [5.41, 5.74) is -1.24. The summed E-state index contributed by atoms with van der Waals surface area (Å²) in [5.74, 6) is 1.02. The Morgan fingerprint density at radius 2 is 1.52 bits per heavy atom. The molecule has 0 aromatic carbocycles. The second-order valence-corrected chi connectivity index (χ2v) is 7.97. The van der Waals surface area contributed by atoms with Gasteiger partial charge >= 0.3 is 0 Å². The summed E-state index contributed by atoms with van der Waals surface area (Å²) in [5, 5.41) is 3.14. The normalized spacial score (nSPS) is 41.5. The number of hydrogen-bond donors (Lipinski definition) is 1. The molecule has 2 unspecified atom stereocenters. The summed E-state index contributed by atoms with van der Waals surface area (Å²) in [7, 11) is 0. The fraction of sp³-hybridized carbons (Fsp3) is 0.882. The van der Waals surface area contributed by atoms with Crippen molar-refractivity contribution in [1.82, 2.24) is 10.2 Å². The minimum Gasteiger partial charge on any atom is -0.340 e. The van der Waals surface area contributed by atoms with Gasteiger partial charge in [-0.1, -0.05) is 12.8 Å². The highest BCUT2D eigenvalue weighted by Crippen LogP contribution is 2.51. The van der Waals surface area contributed by atoms with E-state index in [1.54, 1.807) is 0 Å². The van der Waals surface area contributed by atoms with E-state index in [1.165, 1.54) is 12.8 Å². The number of piperazine rings is 1. The minimum atomic E-state index is -0.645. The van der Waals surface area contributed by atoms with Crippen LogP contribution in [0, 0.1) is 11.8 Å². The highest BCUT2D eigenvalue weighted by Gasteiger charge is 2.64. The molecule has 3 saturated carbocycles. The van der Waals surface area contributed by atoms with Crippen LogP contribution < -0.4 is 5.32 Å². The first-order valence-corrected chi connectivity index (χ1v) is 8.64. The topological polar surface area (TPSA) is 49.4 Å². The Morgan fingerprint density at radius 1 is 0.952 bits per heavy atom. The number of rotatable bonds is 3. The molecule has 0 spiro atoms. The molecule has 0 aromatic rings. The van der Waals surface area contributed by atoms with Crippen molar-refractivity contribution in [2.75, 3.05) is 0 Å².